The Bertz CT molecular complexity index is 327. The normalized spacial score (nSPS) is 11.7. The Kier molecular flexibility index (Phi) is 5.47. The largest absolute Gasteiger partial charge is 0.508 e. The van der Waals surface area contributed by atoms with Crippen molar-refractivity contribution in [2.24, 2.45) is 5.73 Å². The van der Waals surface area contributed by atoms with E-state index in [1.54, 1.807) is 13.2 Å². The minimum Gasteiger partial charge on any atom is -0.508 e. The smallest absolute Gasteiger partial charge is 0.122 e. The lowest BCUT2D eigenvalue weighted by atomic mass is 10.0. The molecule has 3 N–H and O–H groups in total. The number of nitrogens with two attached hydrogens (primary N) is 1. The lowest BCUT2D eigenvalue weighted by Gasteiger charge is -2.12. The highest BCUT2D eigenvalue weighted by Crippen LogP contribution is 2.27. The average molecular weight is 232 g/mol. The van der Waals surface area contributed by atoms with Crippen LogP contribution in [0.2, 0.25) is 0 Å². The molecule has 0 aliphatic carbocycles. The maximum absolute atomic E-state index is 9.54. The summed E-state index contributed by atoms with van der Waals surface area (Å²) in [7, 11) is 1.62. The summed E-state index contributed by atoms with van der Waals surface area (Å²) in [6.45, 7) is 3.77. The molecular weight excluding hydrogens is 214 g/mol. The van der Waals surface area contributed by atoms with E-state index in [2.05, 4.69) is 0 Å². The van der Waals surface area contributed by atoms with E-state index in [4.69, 9.17) is 10.5 Å². The van der Waals surface area contributed by atoms with Gasteiger partial charge in [0.05, 0.1) is 7.11 Å². The second-order valence-electron chi connectivity index (χ2n) is 3.63. The van der Waals surface area contributed by atoms with E-state index in [1.165, 1.54) is 0 Å². The minimum atomic E-state index is 0. The molecule has 1 atom stereocenters. The number of aromatic hydroxyl groups is 1. The van der Waals surface area contributed by atoms with Crippen LogP contribution in [-0.2, 0) is 6.42 Å². The van der Waals surface area contributed by atoms with Crippen molar-refractivity contribution in [2.45, 2.75) is 26.3 Å². The van der Waals surface area contributed by atoms with Gasteiger partial charge in [-0.15, -0.1) is 12.4 Å². The molecule has 0 aromatic heterocycles. The van der Waals surface area contributed by atoms with Crippen molar-refractivity contribution in [1.29, 1.82) is 0 Å². The van der Waals surface area contributed by atoms with Gasteiger partial charge in [-0.05, 0) is 43.5 Å². The van der Waals surface area contributed by atoms with Gasteiger partial charge in [-0.3, -0.25) is 0 Å². The van der Waals surface area contributed by atoms with Crippen LogP contribution in [0.1, 0.15) is 18.1 Å². The van der Waals surface area contributed by atoms with Crippen molar-refractivity contribution in [3.8, 4) is 11.5 Å². The lowest BCUT2D eigenvalue weighted by molar-refractivity contribution is 0.404. The molecule has 86 valence electrons. The third-order valence-corrected chi connectivity index (χ3v) is 2.14. The summed E-state index contributed by atoms with van der Waals surface area (Å²) < 4.78 is 5.22. The molecular formula is C11H18ClNO2. The van der Waals surface area contributed by atoms with Gasteiger partial charge in [0.15, 0.2) is 0 Å². The maximum atomic E-state index is 9.54. The summed E-state index contributed by atoms with van der Waals surface area (Å²) in [5, 5.41) is 9.54. The lowest BCUT2D eigenvalue weighted by Crippen LogP contribution is -2.18. The van der Waals surface area contributed by atoms with Crippen molar-refractivity contribution < 1.29 is 9.84 Å². The summed E-state index contributed by atoms with van der Waals surface area (Å²) in [5.74, 6) is 1.08. The molecule has 0 radical (unpaired) electrons. The monoisotopic (exact) mass is 231 g/mol. The number of hydrogen-bond donors (Lipinski definition) is 2. The van der Waals surface area contributed by atoms with E-state index in [1.807, 2.05) is 19.9 Å². The Hall–Kier alpha value is -0.930. The Morgan fingerprint density at radius 3 is 2.53 bits per heavy atom. The molecule has 1 aromatic rings. The molecule has 1 aromatic carbocycles. The summed E-state index contributed by atoms with van der Waals surface area (Å²) >= 11 is 0. The number of phenolic OH excluding ortho intramolecular Hbond substituents is 1. The highest BCUT2D eigenvalue weighted by atomic mass is 35.5. The first-order chi connectivity index (χ1) is 6.54. The third kappa shape index (κ3) is 3.61. The van der Waals surface area contributed by atoms with E-state index in [9.17, 15) is 5.11 Å². The number of halogens is 1. The van der Waals surface area contributed by atoms with Crippen LogP contribution in [0.5, 0.6) is 11.5 Å². The van der Waals surface area contributed by atoms with Gasteiger partial charge in [-0.25, -0.2) is 0 Å². The predicted octanol–water partition coefficient (Wildman–Crippen LogP) is 2.02. The van der Waals surface area contributed by atoms with Crippen LogP contribution < -0.4 is 10.5 Å². The zero-order chi connectivity index (χ0) is 10.7. The zero-order valence-corrected chi connectivity index (χ0v) is 10.1. The first-order valence-corrected chi connectivity index (χ1v) is 4.66. The van der Waals surface area contributed by atoms with E-state index >= 15 is 0 Å². The number of benzene rings is 1. The van der Waals surface area contributed by atoms with Gasteiger partial charge >= 0.3 is 0 Å². The molecule has 0 saturated heterocycles. The summed E-state index contributed by atoms with van der Waals surface area (Å²) in [5.41, 5.74) is 7.46. The van der Waals surface area contributed by atoms with Gasteiger partial charge in [0.2, 0.25) is 0 Å². The molecule has 3 nitrogen and oxygen atoms in total. The summed E-state index contributed by atoms with van der Waals surface area (Å²) in [6, 6.07) is 3.61. The van der Waals surface area contributed by atoms with Crippen LogP contribution in [0.4, 0.5) is 0 Å². The molecule has 1 rings (SSSR count). The average Bonchev–Trinajstić information content (AvgIpc) is 2.10. The molecule has 0 amide bonds. The van der Waals surface area contributed by atoms with Crippen LogP contribution in [0.25, 0.3) is 0 Å². The Labute approximate surface area is 96.7 Å². The summed E-state index contributed by atoms with van der Waals surface area (Å²) in [6.07, 6.45) is 0.705. The van der Waals surface area contributed by atoms with Crippen LogP contribution >= 0.6 is 12.4 Å². The number of ether oxygens (including phenoxy) is 1. The topological polar surface area (TPSA) is 55.5 Å². The van der Waals surface area contributed by atoms with E-state index in [0.717, 1.165) is 16.9 Å². The molecule has 15 heavy (non-hydrogen) atoms. The molecule has 0 heterocycles. The first kappa shape index (κ1) is 14.1. The van der Waals surface area contributed by atoms with E-state index in [-0.39, 0.29) is 18.4 Å². The maximum Gasteiger partial charge on any atom is 0.122 e. The SMILES string of the molecule is COc1cc(C)c(O)cc1CC(C)N.Cl. The van der Waals surface area contributed by atoms with Gasteiger partial charge in [0, 0.05) is 6.04 Å². The highest BCUT2D eigenvalue weighted by Gasteiger charge is 2.08. The molecule has 0 aliphatic heterocycles. The van der Waals surface area contributed by atoms with Crippen LogP contribution in [-0.4, -0.2) is 18.3 Å². The van der Waals surface area contributed by atoms with Crippen molar-refractivity contribution in [3.05, 3.63) is 23.3 Å². The van der Waals surface area contributed by atoms with Gasteiger partial charge in [0.1, 0.15) is 11.5 Å². The second-order valence-corrected chi connectivity index (χ2v) is 3.63. The van der Waals surface area contributed by atoms with E-state index < -0.39 is 0 Å². The fourth-order valence-electron chi connectivity index (χ4n) is 1.41. The van der Waals surface area contributed by atoms with Crippen LogP contribution in [0.15, 0.2) is 12.1 Å². The third-order valence-electron chi connectivity index (χ3n) is 2.14. The Morgan fingerprint density at radius 1 is 1.47 bits per heavy atom. The number of rotatable bonds is 3. The zero-order valence-electron chi connectivity index (χ0n) is 9.28. The Morgan fingerprint density at radius 2 is 2.07 bits per heavy atom. The highest BCUT2D eigenvalue weighted by molar-refractivity contribution is 5.85. The first-order valence-electron chi connectivity index (χ1n) is 4.66. The summed E-state index contributed by atoms with van der Waals surface area (Å²) in [4.78, 5) is 0. The molecule has 0 fully saturated rings. The number of hydrogen-bond acceptors (Lipinski definition) is 3. The second kappa shape index (κ2) is 5.83. The molecule has 0 saturated carbocycles. The number of phenols is 1. The van der Waals surface area contributed by atoms with Crippen LogP contribution in [0.3, 0.4) is 0 Å². The van der Waals surface area contributed by atoms with Gasteiger partial charge in [-0.2, -0.15) is 0 Å². The fourth-order valence-corrected chi connectivity index (χ4v) is 1.41. The standard InChI is InChI=1S/C11H17NO2.ClH/c1-7-4-11(14-3)9(5-8(2)12)6-10(7)13;/h4,6,8,13H,5,12H2,1-3H3;1H. The van der Waals surface area contributed by atoms with Gasteiger partial charge in [-0.1, -0.05) is 0 Å². The molecule has 4 heteroatoms. The minimum absolute atomic E-state index is 0. The predicted molar refractivity (Wildman–Crippen MR) is 64.0 cm³/mol. The van der Waals surface area contributed by atoms with Crippen molar-refractivity contribution in [3.63, 3.8) is 0 Å². The number of methoxy groups -OCH3 is 1. The fraction of sp³-hybridized carbons (Fsp3) is 0.455. The number of aryl methyl sites for hydroxylation is 1. The van der Waals surface area contributed by atoms with Crippen molar-refractivity contribution in [2.75, 3.05) is 7.11 Å². The van der Waals surface area contributed by atoms with E-state index in [0.29, 0.717) is 12.2 Å². The quantitative estimate of drug-likeness (QED) is 0.837. The van der Waals surface area contributed by atoms with Crippen LogP contribution in [0, 0.1) is 6.92 Å². The molecule has 0 bridgehead atoms. The Balaban J connectivity index is 0.00000196. The van der Waals surface area contributed by atoms with Gasteiger partial charge in [0.25, 0.3) is 0 Å². The molecule has 0 spiro atoms. The van der Waals surface area contributed by atoms with Gasteiger partial charge < -0.3 is 15.6 Å². The van der Waals surface area contributed by atoms with Crippen molar-refractivity contribution >= 4 is 12.4 Å². The molecule has 0 aliphatic rings. The molecule has 1 unspecified atom stereocenters. The van der Waals surface area contributed by atoms with Crippen molar-refractivity contribution in [1.82, 2.24) is 0 Å².